The summed E-state index contributed by atoms with van der Waals surface area (Å²) >= 11 is 0. The maximum Gasteiger partial charge on any atom is 0.224 e. The average Bonchev–Trinajstić information content (AvgIpc) is 2.28. The first-order valence-electron chi connectivity index (χ1n) is 5.20. The lowest BCUT2D eigenvalue weighted by Crippen LogP contribution is -2.35. The fourth-order valence-corrected chi connectivity index (χ4v) is 0.968. The fourth-order valence-electron chi connectivity index (χ4n) is 0.968. The standard InChI is InChI=1S/C11H17N5O.HI/c1-11(2,9(12)17)7-15-10(13)16-8-5-3-4-6-14-8;/h3-6H,7H2,1-2H3,(H2,12,17)(H3,13,14,15,16);1H. The van der Waals surface area contributed by atoms with Gasteiger partial charge in [0.15, 0.2) is 5.96 Å². The largest absolute Gasteiger partial charge is 0.370 e. The number of hydrogen-bond donors (Lipinski definition) is 3. The molecule has 0 saturated heterocycles. The van der Waals surface area contributed by atoms with Crippen LogP contribution in [0.15, 0.2) is 29.4 Å². The number of nitrogens with one attached hydrogen (secondary N) is 1. The molecule has 0 radical (unpaired) electrons. The van der Waals surface area contributed by atoms with E-state index in [0.717, 1.165) is 0 Å². The number of anilines is 1. The van der Waals surface area contributed by atoms with Crippen LogP contribution < -0.4 is 16.8 Å². The second kappa shape index (κ2) is 7.14. The van der Waals surface area contributed by atoms with Crippen LogP contribution in [0.2, 0.25) is 0 Å². The van der Waals surface area contributed by atoms with Crippen LogP contribution in [-0.4, -0.2) is 23.4 Å². The molecule has 0 bridgehead atoms. The third kappa shape index (κ3) is 5.30. The lowest BCUT2D eigenvalue weighted by atomic mass is 9.93. The zero-order valence-corrected chi connectivity index (χ0v) is 12.7. The highest BCUT2D eigenvalue weighted by Gasteiger charge is 2.24. The van der Waals surface area contributed by atoms with Gasteiger partial charge in [-0.2, -0.15) is 0 Å². The van der Waals surface area contributed by atoms with Gasteiger partial charge in [0.25, 0.3) is 0 Å². The van der Waals surface area contributed by atoms with E-state index < -0.39 is 11.3 Å². The number of rotatable bonds is 4. The van der Waals surface area contributed by atoms with Crippen molar-refractivity contribution in [2.75, 3.05) is 11.9 Å². The molecule has 0 spiro atoms. The van der Waals surface area contributed by atoms with E-state index >= 15 is 0 Å². The predicted molar refractivity (Wildman–Crippen MR) is 82.7 cm³/mol. The van der Waals surface area contributed by atoms with Crippen LogP contribution in [0.1, 0.15) is 13.8 Å². The van der Waals surface area contributed by atoms with E-state index in [4.69, 9.17) is 11.5 Å². The van der Waals surface area contributed by atoms with Gasteiger partial charge in [-0.15, -0.1) is 24.0 Å². The predicted octanol–water partition coefficient (Wildman–Crippen LogP) is 0.938. The molecular formula is C11H18IN5O. The van der Waals surface area contributed by atoms with Crippen molar-refractivity contribution in [2.24, 2.45) is 21.9 Å². The van der Waals surface area contributed by atoms with Gasteiger partial charge in [-0.05, 0) is 26.0 Å². The van der Waals surface area contributed by atoms with E-state index in [9.17, 15) is 4.79 Å². The second-order valence-electron chi connectivity index (χ2n) is 4.29. The SMILES string of the molecule is CC(C)(CN=C(N)Nc1ccccn1)C(N)=O.I. The van der Waals surface area contributed by atoms with Crippen molar-refractivity contribution >= 4 is 41.7 Å². The molecule has 18 heavy (non-hydrogen) atoms. The van der Waals surface area contributed by atoms with Gasteiger partial charge in [-0.25, -0.2) is 4.98 Å². The van der Waals surface area contributed by atoms with E-state index in [1.807, 2.05) is 6.07 Å². The van der Waals surface area contributed by atoms with Gasteiger partial charge in [0.05, 0.1) is 12.0 Å². The van der Waals surface area contributed by atoms with Crippen LogP contribution in [0.4, 0.5) is 5.82 Å². The van der Waals surface area contributed by atoms with E-state index in [1.54, 1.807) is 32.2 Å². The highest BCUT2D eigenvalue weighted by molar-refractivity contribution is 14.0. The zero-order chi connectivity index (χ0) is 12.9. The van der Waals surface area contributed by atoms with Gasteiger partial charge >= 0.3 is 0 Å². The highest BCUT2D eigenvalue weighted by Crippen LogP contribution is 2.13. The van der Waals surface area contributed by atoms with Crippen molar-refractivity contribution in [2.45, 2.75) is 13.8 Å². The molecule has 1 aromatic heterocycles. The van der Waals surface area contributed by atoms with Crippen molar-refractivity contribution < 1.29 is 4.79 Å². The minimum absolute atomic E-state index is 0. The number of hydrogen-bond acceptors (Lipinski definition) is 3. The third-order valence-electron chi connectivity index (χ3n) is 2.23. The van der Waals surface area contributed by atoms with Gasteiger partial charge in [0.1, 0.15) is 5.82 Å². The molecule has 1 heterocycles. The van der Waals surface area contributed by atoms with Crippen molar-refractivity contribution in [3.05, 3.63) is 24.4 Å². The molecule has 0 aliphatic heterocycles. The van der Waals surface area contributed by atoms with E-state index in [1.165, 1.54) is 0 Å². The Morgan fingerprint density at radius 1 is 1.44 bits per heavy atom. The lowest BCUT2D eigenvalue weighted by Gasteiger charge is -2.17. The Labute approximate surface area is 123 Å². The fraction of sp³-hybridized carbons (Fsp3) is 0.364. The number of nitrogens with zero attached hydrogens (tertiary/aromatic N) is 2. The number of carbonyl (C=O) groups is 1. The van der Waals surface area contributed by atoms with E-state index in [0.29, 0.717) is 5.82 Å². The summed E-state index contributed by atoms with van der Waals surface area (Å²) in [5.74, 6) is 0.399. The molecule has 6 nitrogen and oxygen atoms in total. The second-order valence-corrected chi connectivity index (χ2v) is 4.29. The molecule has 1 rings (SSSR count). The molecule has 1 amide bonds. The number of aliphatic imine (C=N–C) groups is 1. The van der Waals surface area contributed by atoms with Crippen LogP contribution in [0, 0.1) is 5.41 Å². The summed E-state index contributed by atoms with van der Waals surface area (Å²) in [6.45, 7) is 3.66. The third-order valence-corrected chi connectivity index (χ3v) is 2.23. The van der Waals surface area contributed by atoms with Crippen LogP contribution in [-0.2, 0) is 4.79 Å². The first-order valence-corrected chi connectivity index (χ1v) is 5.20. The summed E-state index contributed by atoms with van der Waals surface area (Å²) in [4.78, 5) is 19.2. The van der Waals surface area contributed by atoms with Gasteiger partial charge in [-0.1, -0.05) is 6.07 Å². The molecule has 1 aromatic rings. The molecule has 5 N–H and O–H groups in total. The number of primary amides is 1. The summed E-state index contributed by atoms with van der Waals surface area (Å²) in [6, 6.07) is 5.40. The minimum Gasteiger partial charge on any atom is -0.370 e. The Kier molecular flexibility index (Phi) is 6.60. The smallest absolute Gasteiger partial charge is 0.224 e. The van der Waals surface area contributed by atoms with Crippen molar-refractivity contribution in [3.8, 4) is 0 Å². The first-order chi connectivity index (χ1) is 7.92. The molecule has 100 valence electrons. The molecule has 7 heteroatoms. The van der Waals surface area contributed by atoms with Crippen molar-refractivity contribution in [1.82, 2.24) is 4.98 Å². The van der Waals surface area contributed by atoms with Crippen LogP contribution in [0.25, 0.3) is 0 Å². The summed E-state index contributed by atoms with van der Waals surface area (Å²) in [7, 11) is 0. The topological polar surface area (TPSA) is 106 Å². The molecule has 0 aliphatic rings. The number of halogens is 1. The van der Waals surface area contributed by atoms with Crippen molar-refractivity contribution in [1.29, 1.82) is 0 Å². The minimum atomic E-state index is -0.712. The molecule has 0 aromatic carbocycles. The molecular weight excluding hydrogens is 345 g/mol. The lowest BCUT2D eigenvalue weighted by molar-refractivity contribution is -0.125. The van der Waals surface area contributed by atoms with Crippen LogP contribution in [0.5, 0.6) is 0 Å². The number of amides is 1. The summed E-state index contributed by atoms with van der Waals surface area (Å²) in [6.07, 6.45) is 1.64. The Morgan fingerprint density at radius 3 is 2.61 bits per heavy atom. The van der Waals surface area contributed by atoms with Gasteiger partial charge in [-0.3, -0.25) is 9.79 Å². The molecule has 0 aliphatic carbocycles. The average molecular weight is 363 g/mol. The maximum atomic E-state index is 11.1. The summed E-state index contributed by atoms with van der Waals surface area (Å²) in [5.41, 5.74) is 10.2. The molecule has 0 saturated carbocycles. The monoisotopic (exact) mass is 363 g/mol. The normalized spacial score (nSPS) is 11.6. The van der Waals surface area contributed by atoms with Gasteiger partial charge < -0.3 is 16.8 Å². The number of carbonyl (C=O) groups excluding carboxylic acids is 1. The number of aromatic nitrogens is 1. The zero-order valence-electron chi connectivity index (χ0n) is 10.4. The molecule has 0 fully saturated rings. The summed E-state index contributed by atoms with van der Waals surface area (Å²) in [5, 5.41) is 2.82. The highest BCUT2D eigenvalue weighted by atomic mass is 127. The van der Waals surface area contributed by atoms with Gasteiger partial charge in [0.2, 0.25) is 5.91 Å². The van der Waals surface area contributed by atoms with E-state index in [2.05, 4.69) is 15.3 Å². The summed E-state index contributed by atoms with van der Waals surface area (Å²) < 4.78 is 0. The number of guanidine groups is 1. The quantitative estimate of drug-likeness (QED) is 0.420. The van der Waals surface area contributed by atoms with Crippen LogP contribution >= 0.6 is 24.0 Å². The van der Waals surface area contributed by atoms with Gasteiger partial charge in [0, 0.05) is 6.20 Å². The number of pyridine rings is 1. The Bertz CT molecular complexity index is 419. The Morgan fingerprint density at radius 2 is 2.11 bits per heavy atom. The molecule has 0 atom stereocenters. The maximum absolute atomic E-state index is 11.1. The molecule has 0 unspecified atom stereocenters. The Hall–Kier alpha value is -1.38. The number of nitrogens with two attached hydrogens (primary N) is 2. The van der Waals surface area contributed by atoms with Crippen LogP contribution in [0.3, 0.4) is 0 Å². The first kappa shape index (κ1) is 16.6. The van der Waals surface area contributed by atoms with Crippen molar-refractivity contribution in [3.63, 3.8) is 0 Å². The Balaban J connectivity index is 0.00000289. The van der Waals surface area contributed by atoms with E-state index in [-0.39, 0.29) is 36.5 Å².